The van der Waals surface area contributed by atoms with E-state index in [-0.39, 0.29) is 11.4 Å². The Bertz CT molecular complexity index is 635. The van der Waals surface area contributed by atoms with Crippen molar-refractivity contribution in [3.63, 3.8) is 0 Å². The Morgan fingerprint density at radius 3 is 2.32 bits per heavy atom. The van der Waals surface area contributed by atoms with Crippen LogP contribution in [0.25, 0.3) is 11.1 Å². The summed E-state index contributed by atoms with van der Waals surface area (Å²) in [7, 11) is 1.51. The van der Waals surface area contributed by atoms with Gasteiger partial charge in [-0.15, -0.1) is 0 Å². The van der Waals surface area contributed by atoms with Gasteiger partial charge in [0, 0.05) is 11.1 Å². The molecular weight excluding hydrogens is 246 g/mol. The molecule has 0 aromatic heterocycles. The molecule has 3 heteroatoms. The molecule has 0 aliphatic heterocycles. The first-order valence-corrected chi connectivity index (χ1v) is 6.34. The van der Waals surface area contributed by atoms with Crippen molar-refractivity contribution in [1.29, 1.82) is 0 Å². The van der Waals surface area contributed by atoms with Gasteiger partial charge in [-0.25, -0.2) is 8.78 Å². The summed E-state index contributed by atoms with van der Waals surface area (Å²) >= 11 is 0. The van der Waals surface area contributed by atoms with Gasteiger partial charge in [0.05, 0.1) is 7.11 Å². The highest BCUT2D eigenvalue weighted by molar-refractivity contribution is 5.68. The number of rotatable bonds is 2. The number of ether oxygens (including phenoxy) is 1. The first kappa shape index (κ1) is 12.2. The minimum absolute atomic E-state index is 0.256. The maximum Gasteiger partial charge on any atom is 0.131 e. The normalized spacial score (nSPS) is 13.4. The van der Waals surface area contributed by atoms with Gasteiger partial charge in [-0.05, 0) is 60.7 Å². The molecule has 2 aromatic rings. The topological polar surface area (TPSA) is 9.23 Å². The van der Waals surface area contributed by atoms with E-state index < -0.39 is 5.82 Å². The summed E-state index contributed by atoms with van der Waals surface area (Å²) in [5.74, 6) is -0.276. The van der Waals surface area contributed by atoms with Crippen LogP contribution < -0.4 is 4.74 Å². The third-order valence-electron chi connectivity index (χ3n) is 3.65. The molecule has 0 atom stereocenters. The van der Waals surface area contributed by atoms with Crippen LogP contribution in [0, 0.1) is 11.6 Å². The number of benzene rings is 2. The number of hydrogen-bond donors (Lipinski definition) is 0. The number of aryl methyl sites for hydroxylation is 2. The molecule has 98 valence electrons. The van der Waals surface area contributed by atoms with Crippen LogP contribution in [0.4, 0.5) is 8.78 Å². The summed E-state index contributed by atoms with van der Waals surface area (Å²) in [4.78, 5) is 0. The van der Waals surface area contributed by atoms with Gasteiger partial charge < -0.3 is 4.74 Å². The fraction of sp³-hybridized carbons (Fsp3) is 0.250. The van der Waals surface area contributed by atoms with Gasteiger partial charge in [0.2, 0.25) is 0 Å². The Labute approximate surface area is 110 Å². The SMILES string of the molecule is COc1ccc(F)c(-c2cc3c(cc2F)CCC3)c1. The van der Waals surface area contributed by atoms with Gasteiger partial charge >= 0.3 is 0 Å². The fourth-order valence-electron chi connectivity index (χ4n) is 2.64. The zero-order chi connectivity index (χ0) is 13.4. The second-order valence-corrected chi connectivity index (χ2v) is 4.80. The zero-order valence-electron chi connectivity index (χ0n) is 10.7. The highest BCUT2D eigenvalue weighted by Crippen LogP contribution is 2.33. The summed E-state index contributed by atoms with van der Waals surface area (Å²) in [6.45, 7) is 0. The summed E-state index contributed by atoms with van der Waals surface area (Å²) < 4.78 is 33.1. The molecule has 0 unspecified atom stereocenters. The molecule has 0 saturated carbocycles. The molecule has 0 saturated heterocycles. The molecule has 0 fully saturated rings. The maximum atomic E-state index is 14.1. The molecule has 0 heterocycles. The van der Waals surface area contributed by atoms with Crippen LogP contribution in [-0.4, -0.2) is 7.11 Å². The molecule has 1 aliphatic carbocycles. The average molecular weight is 260 g/mol. The van der Waals surface area contributed by atoms with E-state index in [1.165, 1.54) is 31.4 Å². The Kier molecular flexibility index (Phi) is 2.97. The van der Waals surface area contributed by atoms with Crippen LogP contribution in [0.5, 0.6) is 5.75 Å². The molecule has 0 spiro atoms. The Hall–Kier alpha value is -1.90. The Balaban J connectivity index is 2.16. The molecule has 1 nitrogen and oxygen atoms in total. The first-order valence-electron chi connectivity index (χ1n) is 6.34. The van der Waals surface area contributed by atoms with E-state index in [9.17, 15) is 8.78 Å². The molecule has 2 aromatic carbocycles. The van der Waals surface area contributed by atoms with Crippen molar-refractivity contribution in [2.75, 3.05) is 7.11 Å². The fourth-order valence-corrected chi connectivity index (χ4v) is 2.64. The van der Waals surface area contributed by atoms with E-state index in [0.717, 1.165) is 30.4 Å². The minimum Gasteiger partial charge on any atom is -0.497 e. The van der Waals surface area contributed by atoms with Crippen molar-refractivity contribution in [3.8, 4) is 16.9 Å². The van der Waals surface area contributed by atoms with Crippen molar-refractivity contribution in [3.05, 3.63) is 53.1 Å². The second-order valence-electron chi connectivity index (χ2n) is 4.80. The summed E-state index contributed by atoms with van der Waals surface area (Å²) in [5, 5.41) is 0. The van der Waals surface area contributed by atoms with Crippen LogP contribution in [-0.2, 0) is 12.8 Å². The lowest BCUT2D eigenvalue weighted by Gasteiger charge is -2.10. The van der Waals surface area contributed by atoms with Gasteiger partial charge in [0.25, 0.3) is 0 Å². The van der Waals surface area contributed by atoms with E-state index in [1.807, 2.05) is 0 Å². The van der Waals surface area contributed by atoms with E-state index in [0.29, 0.717) is 11.3 Å². The smallest absolute Gasteiger partial charge is 0.131 e. The Morgan fingerprint density at radius 2 is 1.58 bits per heavy atom. The van der Waals surface area contributed by atoms with Crippen LogP contribution >= 0.6 is 0 Å². The van der Waals surface area contributed by atoms with Gasteiger partial charge in [0.1, 0.15) is 17.4 Å². The van der Waals surface area contributed by atoms with Crippen molar-refractivity contribution in [1.82, 2.24) is 0 Å². The molecule has 3 rings (SSSR count). The molecule has 0 bridgehead atoms. The van der Waals surface area contributed by atoms with Crippen molar-refractivity contribution < 1.29 is 13.5 Å². The van der Waals surface area contributed by atoms with Crippen molar-refractivity contribution >= 4 is 0 Å². The number of methoxy groups -OCH3 is 1. The second kappa shape index (κ2) is 4.65. The predicted octanol–water partition coefficient (Wildman–Crippen LogP) is 4.13. The third-order valence-corrected chi connectivity index (χ3v) is 3.65. The van der Waals surface area contributed by atoms with E-state index >= 15 is 0 Å². The van der Waals surface area contributed by atoms with E-state index in [2.05, 4.69) is 0 Å². The highest BCUT2D eigenvalue weighted by Gasteiger charge is 2.18. The third kappa shape index (κ3) is 2.09. The van der Waals surface area contributed by atoms with Crippen LogP contribution in [0.3, 0.4) is 0 Å². The number of fused-ring (bicyclic) bond motifs is 1. The molecule has 0 amide bonds. The largest absolute Gasteiger partial charge is 0.497 e. The molecule has 19 heavy (non-hydrogen) atoms. The van der Waals surface area contributed by atoms with Crippen molar-refractivity contribution in [2.45, 2.75) is 19.3 Å². The van der Waals surface area contributed by atoms with Crippen LogP contribution in [0.1, 0.15) is 17.5 Å². The molecule has 0 N–H and O–H groups in total. The van der Waals surface area contributed by atoms with Gasteiger partial charge in [-0.2, -0.15) is 0 Å². The minimum atomic E-state index is -0.433. The zero-order valence-corrected chi connectivity index (χ0v) is 10.7. The van der Waals surface area contributed by atoms with Gasteiger partial charge in [0.15, 0.2) is 0 Å². The summed E-state index contributed by atoms with van der Waals surface area (Å²) in [6, 6.07) is 7.69. The first-order chi connectivity index (χ1) is 9.19. The maximum absolute atomic E-state index is 14.1. The lowest BCUT2D eigenvalue weighted by atomic mass is 9.99. The van der Waals surface area contributed by atoms with Gasteiger partial charge in [-0.3, -0.25) is 0 Å². The highest BCUT2D eigenvalue weighted by atomic mass is 19.1. The van der Waals surface area contributed by atoms with E-state index in [1.54, 1.807) is 6.07 Å². The average Bonchev–Trinajstić information content (AvgIpc) is 2.85. The number of halogens is 2. The molecule has 1 aliphatic rings. The lowest BCUT2D eigenvalue weighted by Crippen LogP contribution is -1.94. The number of hydrogen-bond acceptors (Lipinski definition) is 1. The Morgan fingerprint density at radius 1 is 0.895 bits per heavy atom. The van der Waals surface area contributed by atoms with Gasteiger partial charge in [-0.1, -0.05) is 0 Å². The monoisotopic (exact) mass is 260 g/mol. The standard InChI is InChI=1S/C16H14F2O/c1-19-12-5-6-15(17)14(9-12)13-7-10-3-2-4-11(10)8-16(13)18/h5-9H,2-4H2,1H3. The van der Waals surface area contributed by atoms with Crippen molar-refractivity contribution in [2.24, 2.45) is 0 Å². The predicted molar refractivity (Wildman–Crippen MR) is 70.4 cm³/mol. The quantitative estimate of drug-likeness (QED) is 0.789. The lowest BCUT2D eigenvalue weighted by molar-refractivity contribution is 0.414. The van der Waals surface area contributed by atoms with Crippen LogP contribution in [0.2, 0.25) is 0 Å². The summed E-state index contributed by atoms with van der Waals surface area (Å²) in [5.41, 5.74) is 2.74. The molecule has 0 radical (unpaired) electrons. The summed E-state index contributed by atoms with van der Waals surface area (Å²) in [6.07, 6.45) is 2.89. The van der Waals surface area contributed by atoms with Crippen LogP contribution in [0.15, 0.2) is 30.3 Å². The molecular formula is C16H14F2O. The van der Waals surface area contributed by atoms with E-state index in [4.69, 9.17) is 4.74 Å².